The fourth-order valence-electron chi connectivity index (χ4n) is 5.96. The molecule has 2 saturated heterocycles. The molecule has 0 spiro atoms. The summed E-state index contributed by atoms with van der Waals surface area (Å²) in [4.78, 5) is 23.3. The van der Waals surface area contributed by atoms with Crippen molar-refractivity contribution in [3.05, 3.63) is 82.6 Å². The standard InChI is InChI=1S/C31H36ClF3N4O2.3ClH/c1-21-18-38(19-22(2)41-21)10-9-37-11-12-39(29(20-37)13-23-3-5-28(32)6-4-23)30(40)26-14-25(24-7-8-36-17-24)15-27(16-26)31(33,34)35;;;/h3-8,14-17,21-22,29,36H,9-13,18-20H2,1-2H3;3*1H/t21-,22+,29?;;;. The van der Waals surface area contributed by atoms with E-state index < -0.39 is 11.7 Å². The van der Waals surface area contributed by atoms with Crippen molar-refractivity contribution < 1.29 is 22.7 Å². The number of hydrogen-bond donors (Lipinski definition) is 1. The first-order valence-electron chi connectivity index (χ1n) is 14.1. The highest BCUT2D eigenvalue weighted by molar-refractivity contribution is 6.30. The van der Waals surface area contributed by atoms with Crippen LogP contribution in [0.25, 0.3) is 11.1 Å². The topological polar surface area (TPSA) is 51.8 Å². The summed E-state index contributed by atoms with van der Waals surface area (Å²) in [7, 11) is 0. The molecule has 244 valence electrons. The van der Waals surface area contributed by atoms with E-state index in [1.54, 1.807) is 29.4 Å². The van der Waals surface area contributed by atoms with Crippen LogP contribution in [0.15, 0.2) is 60.9 Å². The van der Waals surface area contributed by atoms with Crippen molar-refractivity contribution in [1.29, 1.82) is 0 Å². The van der Waals surface area contributed by atoms with Crippen LogP contribution in [-0.4, -0.2) is 89.7 Å². The van der Waals surface area contributed by atoms with Gasteiger partial charge in [-0.15, -0.1) is 37.2 Å². The molecular formula is C31H39Cl4F3N4O2. The molecule has 1 amide bonds. The molecule has 2 fully saturated rings. The molecule has 3 heterocycles. The van der Waals surface area contributed by atoms with Gasteiger partial charge in [0, 0.05) is 74.8 Å². The molecule has 3 aromatic rings. The Bertz CT molecular complexity index is 1320. The summed E-state index contributed by atoms with van der Waals surface area (Å²) in [5.74, 6) is -0.387. The molecule has 1 N–H and O–H groups in total. The minimum atomic E-state index is -4.57. The molecule has 0 aliphatic carbocycles. The van der Waals surface area contributed by atoms with Gasteiger partial charge in [-0.05, 0) is 73.4 Å². The molecule has 2 aliphatic rings. The predicted molar refractivity (Wildman–Crippen MR) is 176 cm³/mol. The summed E-state index contributed by atoms with van der Waals surface area (Å²) < 4.78 is 47.5. The van der Waals surface area contributed by atoms with E-state index in [-0.39, 0.29) is 66.9 Å². The molecular weight excluding hydrogens is 659 g/mol. The van der Waals surface area contributed by atoms with E-state index in [1.165, 1.54) is 0 Å². The molecule has 6 nitrogen and oxygen atoms in total. The molecule has 3 atom stereocenters. The van der Waals surface area contributed by atoms with Crippen LogP contribution in [0.1, 0.15) is 35.3 Å². The average Bonchev–Trinajstić information content (AvgIpc) is 3.47. The number of carbonyl (C=O) groups excluding carboxylic acids is 1. The fourth-order valence-corrected chi connectivity index (χ4v) is 6.08. The zero-order chi connectivity index (χ0) is 29.1. The van der Waals surface area contributed by atoms with Crippen LogP contribution in [0.5, 0.6) is 0 Å². The summed E-state index contributed by atoms with van der Waals surface area (Å²) >= 11 is 6.10. The van der Waals surface area contributed by atoms with Crippen molar-refractivity contribution in [3.63, 3.8) is 0 Å². The monoisotopic (exact) mass is 696 g/mol. The number of ether oxygens (including phenoxy) is 1. The van der Waals surface area contributed by atoms with E-state index in [2.05, 4.69) is 28.6 Å². The number of H-pyrrole nitrogens is 1. The number of halogens is 7. The van der Waals surface area contributed by atoms with Crippen molar-refractivity contribution in [2.24, 2.45) is 0 Å². The quantitative estimate of drug-likeness (QED) is 0.286. The summed E-state index contributed by atoms with van der Waals surface area (Å²) in [5.41, 5.74) is 1.18. The van der Waals surface area contributed by atoms with Crippen molar-refractivity contribution >= 4 is 54.7 Å². The fraction of sp³-hybridized carbons (Fsp3) is 0.452. The number of nitrogens with one attached hydrogen (secondary N) is 1. The van der Waals surface area contributed by atoms with Crippen LogP contribution in [0.2, 0.25) is 5.02 Å². The second-order valence-electron chi connectivity index (χ2n) is 11.2. The number of rotatable bonds is 7. The molecule has 0 radical (unpaired) electrons. The number of carbonyl (C=O) groups is 1. The van der Waals surface area contributed by atoms with Gasteiger partial charge in [0.15, 0.2) is 0 Å². The lowest BCUT2D eigenvalue weighted by Gasteiger charge is -2.43. The lowest BCUT2D eigenvalue weighted by molar-refractivity contribution is -0.137. The van der Waals surface area contributed by atoms with Gasteiger partial charge in [0.05, 0.1) is 17.8 Å². The SMILES string of the molecule is C[C@@H]1CN(CCN2CCN(C(=O)c3cc(-c4cc[nH]c4)cc(C(F)(F)F)c3)C(Cc3ccc(Cl)cc3)C2)C[C@H](C)O1.Cl.Cl.Cl. The number of nitrogens with zero attached hydrogens (tertiary/aromatic N) is 3. The minimum absolute atomic E-state index is 0. The highest BCUT2D eigenvalue weighted by Gasteiger charge is 2.35. The third-order valence-corrected chi connectivity index (χ3v) is 8.13. The molecule has 2 aliphatic heterocycles. The van der Waals surface area contributed by atoms with Crippen molar-refractivity contribution in [2.75, 3.05) is 45.8 Å². The van der Waals surface area contributed by atoms with Crippen molar-refractivity contribution in [1.82, 2.24) is 19.7 Å². The minimum Gasteiger partial charge on any atom is -0.373 e. The van der Waals surface area contributed by atoms with Gasteiger partial charge in [0.25, 0.3) is 5.91 Å². The molecule has 0 bridgehead atoms. The van der Waals surface area contributed by atoms with E-state index in [0.29, 0.717) is 42.2 Å². The van der Waals surface area contributed by atoms with Crippen LogP contribution in [0.4, 0.5) is 13.2 Å². The molecule has 13 heteroatoms. The van der Waals surface area contributed by atoms with Gasteiger partial charge in [-0.1, -0.05) is 23.7 Å². The third-order valence-electron chi connectivity index (χ3n) is 7.88. The van der Waals surface area contributed by atoms with Gasteiger partial charge >= 0.3 is 6.18 Å². The van der Waals surface area contributed by atoms with Gasteiger partial charge in [-0.3, -0.25) is 14.6 Å². The Balaban J connectivity index is 0.00000225. The Labute approximate surface area is 280 Å². The number of aromatic nitrogens is 1. The second-order valence-corrected chi connectivity index (χ2v) is 11.6. The molecule has 1 unspecified atom stereocenters. The number of amides is 1. The molecule has 1 aromatic heterocycles. The lowest BCUT2D eigenvalue weighted by atomic mass is 9.98. The maximum absolute atomic E-state index is 13.9. The van der Waals surface area contributed by atoms with Crippen LogP contribution in [0.3, 0.4) is 0 Å². The van der Waals surface area contributed by atoms with Gasteiger partial charge in [0.2, 0.25) is 0 Å². The second kappa shape index (κ2) is 16.5. The summed E-state index contributed by atoms with van der Waals surface area (Å²) in [5, 5.41) is 0.627. The Morgan fingerprint density at radius 3 is 2.18 bits per heavy atom. The first kappa shape index (κ1) is 38.2. The zero-order valence-corrected chi connectivity index (χ0v) is 27.8. The van der Waals surface area contributed by atoms with E-state index in [4.69, 9.17) is 16.3 Å². The van der Waals surface area contributed by atoms with E-state index in [9.17, 15) is 18.0 Å². The van der Waals surface area contributed by atoms with Crippen LogP contribution in [0, 0.1) is 0 Å². The molecule has 5 rings (SSSR count). The van der Waals surface area contributed by atoms with Crippen LogP contribution >= 0.6 is 48.8 Å². The van der Waals surface area contributed by atoms with Crippen LogP contribution in [-0.2, 0) is 17.3 Å². The molecule has 44 heavy (non-hydrogen) atoms. The lowest BCUT2D eigenvalue weighted by Crippen LogP contribution is -2.57. The van der Waals surface area contributed by atoms with E-state index >= 15 is 0 Å². The summed E-state index contributed by atoms with van der Waals surface area (Å²) in [6.45, 7) is 9.41. The highest BCUT2D eigenvalue weighted by Crippen LogP contribution is 2.34. The normalized spacial score (nSPS) is 21.1. The average molecular weight is 698 g/mol. The number of benzene rings is 2. The largest absolute Gasteiger partial charge is 0.416 e. The Hall–Kier alpha value is -1.98. The van der Waals surface area contributed by atoms with Crippen molar-refractivity contribution in [3.8, 4) is 11.1 Å². The van der Waals surface area contributed by atoms with Gasteiger partial charge in [-0.25, -0.2) is 0 Å². The Morgan fingerprint density at radius 1 is 0.909 bits per heavy atom. The Morgan fingerprint density at radius 2 is 1.57 bits per heavy atom. The van der Waals surface area contributed by atoms with Gasteiger partial charge in [-0.2, -0.15) is 13.2 Å². The number of alkyl halides is 3. The number of piperazine rings is 1. The molecule has 0 saturated carbocycles. The maximum Gasteiger partial charge on any atom is 0.416 e. The summed E-state index contributed by atoms with van der Waals surface area (Å²) in [6, 6.07) is 12.6. The Kier molecular flexibility index (Phi) is 14.4. The van der Waals surface area contributed by atoms with E-state index in [0.717, 1.165) is 43.9 Å². The smallest absolute Gasteiger partial charge is 0.373 e. The maximum atomic E-state index is 13.9. The van der Waals surface area contributed by atoms with E-state index in [1.807, 2.05) is 24.3 Å². The summed E-state index contributed by atoms with van der Waals surface area (Å²) in [6.07, 6.45) is -0.339. The van der Waals surface area contributed by atoms with Gasteiger partial charge in [0.1, 0.15) is 0 Å². The number of morpholine rings is 1. The highest BCUT2D eigenvalue weighted by atomic mass is 35.5. The molecule has 2 aromatic carbocycles. The first-order valence-corrected chi connectivity index (χ1v) is 14.4. The first-order chi connectivity index (χ1) is 19.5. The number of aromatic amines is 1. The van der Waals surface area contributed by atoms with Crippen LogP contribution < -0.4 is 0 Å². The van der Waals surface area contributed by atoms with Crippen molar-refractivity contribution in [2.45, 2.75) is 44.7 Å². The number of hydrogen-bond acceptors (Lipinski definition) is 4. The van der Waals surface area contributed by atoms with Gasteiger partial charge < -0.3 is 14.6 Å². The third kappa shape index (κ3) is 9.76. The zero-order valence-electron chi connectivity index (χ0n) is 24.6. The predicted octanol–water partition coefficient (Wildman–Crippen LogP) is 7.10.